The van der Waals surface area contributed by atoms with Gasteiger partial charge in [0.25, 0.3) is 5.91 Å². The van der Waals surface area contributed by atoms with E-state index in [0.717, 1.165) is 5.52 Å². The van der Waals surface area contributed by atoms with Gasteiger partial charge in [0.05, 0.1) is 0 Å². The summed E-state index contributed by atoms with van der Waals surface area (Å²) >= 11 is 0. The first-order valence-corrected chi connectivity index (χ1v) is 4.85. The van der Waals surface area contributed by atoms with Gasteiger partial charge in [-0.1, -0.05) is 0 Å². The molecule has 1 heterocycles. The molecule has 5 heteroatoms. The van der Waals surface area contributed by atoms with Gasteiger partial charge in [-0.15, -0.1) is 0 Å². The summed E-state index contributed by atoms with van der Waals surface area (Å²) in [5.74, 6) is 0.391. The molecule has 0 aliphatic carbocycles. The first-order chi connectivity index (χ1) is 7.70. The Morgan fingerprint density at radius 3 is 3.12 bits per heavy atom. The van der Waals surface area contributed by atoms with Gasteiger partial charge in [0.2, 0.25) is 0 Å². The predicted octanol–water partition coefficient (Wildman–Crippen LogP) is 1.47. The number of carbonyl (C=O) groups excluding carboxylic acids is 1. The Kier molecular flexibility index (Phi) is 2.87. The first kappa shape index (κ1) is 10.6. The Hall–Kier alpha value is -1.88. The lowest BCUT2D eigenvalue weighted by Gasteiger charge is -2.02. The van der Waals surface area contributed by atoms with Gasteiger partial charge in [-0.3, -0.25) is 4.79 Å². The highest BCUT2D eigenvalue weighted by Crippen LogP contribution is 2.16. The molecule has 0 saturated carbocycles. The van der Waals surface area contributed by atoms with Crippen LogP contribution >= 0.6 is 0 Å². The minimum absolute atomic E-state index is 0.187. The third-order valence-corrected chi connectivity index (χ3v) is 2.13. The highest BCUT2D eigenvalue weighted by atomic mass is 16.5. The number of aryl methyl sites for hydroxylation is 1. The minimum Gasteiger partial charge on any atom is -0.441 e. The summed E-state index contributed by atoms with van der Waals surface area (Å²) in [4.78, 5) is 15.8. The molecule has 5 nitrogen and oxygen atoms in total. The molecule has 1 aromatic carbocycles. The lowest BCUT2D eigenvalue weighted by molar-refractivity contribution is 0.0872. The molecule has 0 unspecified atom stereocenters. The quantitative estimate of drug-likeness (QED) is 0.795. The van der Waals surface area contributed by atoms with Crippen LogP contribution in [0.2, 0.25) is 0 Å². The van der Waals surface area contributed by atoms with Crippen LogP contribution in [0.4, 0.5) is 0 Å². The molecule has 1 amide bonds. The Balaban J connectivity index is 2.28. The molecule has 16 heavy (non-hydrogen) atoms. The van der Waals surface area contributed by atoms with Crippen molar-refractivity contribution in [3.8, 4) is 0 Å². The zero-order chi connectivity index (χ0) is 11.5. The van der Waals surface area contributed by atoms with Crippen LogP contribution in [-0.4, -0.2) is 24.7 Å². The smallest absolute Gasteiger partial charge is 0.253 e. The second-order valence-electron chi connectivity index (χ2n) is 3.35. The van der Waals surface area contributed by atoms with Crippen LogP contribution in [0, 0.1) is 6.92 Å². The monoisotopic (exact) mass is 220 g/mol. The Morgan fingerprint density at radius 1 is 1.56 bits per heavy atom. The van der Waals surface area contributed by atoms with Gasteiger partial charge < -0.3 is 14.5 Å². The predicted molar refractivity (Wildman–Crippen MR) is 58.1 cm³/mol. The molecule has 0 radical (unpaired) electrons. The van der Waals surface area contributed by atoms with E-state index in [9.17, 15) is 4.79 Å². The Labute approximate surface area is 92.4 Å². The Morgan fingerprint density at radius 2 is 2.38 bits per heavy atom. The number of aromatic nitrogens is 1. The number of nitrogens with zero attached hydrogens (tertiary/aromatic N) is 1. The van der Waals surface area contributed by atoms with Crippen molar-refractivity contribution < 1.29 is 13.9 Å². The largest absolute Gasteiger partial charge is 0.441 e. The molecule has 1 aromatic heterocycles. The van der Waals surface area contributed by atoms with Crippen LogP contribution in [0.5, 0.6) is 0 Å². The van der Waals surface area contributed by atoms with Crippen LogP contribution in [0.3, 0.4) is 0 Å². The van der Waals surface area contributed by atoms with Crippen molar-refractivity contribution in [2.24, 2.45) is 0 Å². The van der Waals surface area contributed by atoms with Gasteiger partial charge in [0.15, 0.2) is 11.5 Å². The fourth-order valence-corrected chi connectivity index (χ4v) is 1.42. The zero-order valence-corrected chi connectivity index (χ0v) is 9.11. The summed E-state index contributed by atoms with van der Waals surface area (Å²) in [6.07, 6.45) is 0. The summed E-state index contributed by atoms with van der Waals surface area (Å²) < 4.78 is 10.1. The maximum Gasteiger partial charge on any atom is 0.253 e. The Bertz CT molecular complexity index is 519. The van der Waals surface area contributed by atoms with Gasteiger partial charge >= 0.3 is 0 Å². The molecule has 2 rings (SSSR count). The van der Waals surface area contributed by atoms with E-state index in [-0.39, 0.29) is 12.6 Å². The average Bonchev–Trinajstić information content (AvgIpc) is 2.64. The molecule has 84 valence electrons. The van der Waals surface area contributed by atoms with Gasteiger partial charge in [-0.25, -0.2) is 4.98 Å². The van der Waals surface area contributed by atoms with Crippen molar-refractivity contribution in [3.63, 3.8) is 0 Å². The molecular weight excluding hydrogens is 208 g/mol. The second-order valence-corrected chi connectivity index (χ2v) is 3.35. The number of oxazole rings is 1. The van der Waals surface area contributed by atoms with E-state index in [0.29, 0.717) is 17.0 Å². The molecule has 0 saturated heterocycles. The number of amides is 1. The number of fused-ring (bicyclic) bond motifs is 1. The topological polar surface area (TPSA) is 64.4 Å². The van der Waals surface area contributed by atoms with Crippen molar-refractivity contribution in [1.29, 1.82) is 0 Å². The van der Waals surface area contributed by atoms with E-state index in [2.05, 4.69) is 10.3 Å². The van der Waals surface area contributed by atoms with E-state index in [4.69, 9.17) is 9.15 Å². The van der Waals surface area contributed by atoms with Crippen molar-refractivity contribution >= 4 is 17.0 Å². The number of methoxy groups -OCH3 is 1. The van der Waals surface area contributed by atoms with Gasteiger partial charge in [-0.2, -0.15) is 0 Å². The SMILES string of the molecule is COCNC(=O)c1ccc2nc(C)oc2c1. The van der Waals surface area contributed by atoms with Crippen LogP contribution in [0.25, 0.3) is 11.1 Å². The third-order valence-electron chi connectivity index (χ3n) is 2.13. The van der Waals surface area contributed by atoms with E-state index >= 15 is 0 Å². The minimum atomic E-state index is -0.196. The lowest BCUT2D eigenvalue weighted by atomic mass is 10.2. The van der Waals surface area contributed by atoms with Crippen LogP contribution in [-0.2, 0) is 4.74 Å². The summed E-state index contributed by atoms with van der Waals surface area (Å²) in [6, 6.07) is 5.13. The summed E-state index contributed by atoms with van der Waals surface area (Å²) in [5.41, 5.74) is 1.89. The molecule has 0 atom stereocenters. The van der Waals surface area contributed by atoms with Gasteiger partial charge in [0.1, 0.15) is 12.2 Å². The molecular formula is C11H12N2O3. The number of rotatable bonds is 3. The average molecular weight is 220 g/mol. The maximum atomic E-state index is 11.6. The van der Waals surface area contributed by atoms with E-state index in [1.807, 2.05) is 0 Å². The summed E-state index contributed by atoms with van der Waals surface area (Å²) in [7, 11) is 1.52. The maximum absolute atomic E-state index is 11.6. The molecule has 0 spiro atoms. The molecule has 2 aromatic rings. The number of nitrogens with one attached hydrogen (secondary N) is 1. The third kappa shape index (κ3) is 2.04. The van der Waals surface area contributed by atoms with E-state index < -0.39 is 0 Å². The number of benzene rings is 1. The molecule has 0 fully saturated rings. The fraction of sp³-hybridized carbons (Fsp3) is 0.273. The molecule has 0 bridgehead atoms. The highest BCUT2D eigenvalue weighted by molar-refractivity contribution is 5.96. The molecule has 1 N–H and O–H groups in total. The summed E-state index contributed by atoms with van der Waals surface area (Å²) in [5, 5.41) is 2.60. The molecule has 0 aliphatic heterocycles. The van der Waals surface area contributed by atoms with Crippen molar-refractivity contribution in [1.82, 2.24) is 10.3 Å². The van der Waals surface area contributed by atoms with Gasteiger partial charge in [0, 0.05) is 19.6 Å². The highest BCUT2D eigenvalue weighted by Gasteiger charge is 2.08. The standard InChI is InChI=1S/C11H12N2O3/c1-7-13-9-4-3-8(5-10(9)16-7)11(14)12-6-15-2/h3-5H,6H2,1-2H3,(H,12,14). The lowest BCUT2D eigenvalue weighted by Crippen LogP contribution is -2.25. The summed E-state index contributed by atoms with van der Waals surface area (Å²) in [6.45, 7) is 1.96. The van der Waals surface area contributed by atoms with Crippen LogP contribution in [0.1, 0.15) is 16.2 Å². The second kappa shape index (κ2) is 4.32. The zero-order valence-electron chi connectivity index (χ0n) is 9.11. The van der Waals surface area contributed by atoms with Crippen molar-refractivity contribution in [2.75, 3.05) is 13.8 Å². The van der Waals surface area contributed by atoms with Crippen LogP contribution in [0.15, 0.2) is 22.6 Å². The van der Waals surface area contributed by atoms with Crippen molar-refractivity contribution in [3.05, 3.63) is 29.7 Å². The van der Waals surface area contributed by atoms with E-state index in [1.165, 1.54) is 7.11 Å². The van der Waals surface area contributed by atoms with E-state index in [1.54, 1.807) is 25.1 Å². The van der Waals surface area contributed by atoms with Crippen LogP contribution < -0.4 is 5.32 Å². The van der Waals surface area contributed by atoms with Gasteiger partial charge in [-0.05, 0) is 18.2 Å². The van der Waals surface area contributed by atoms with Crippen molar-refractivity contribution in [2.45, 2.75) is 6.92 Å². The molecule has 0 aliphatic rings. The number of hydrogen-bond donors (Lipinski definition) is 1. The number of hydrogen-bond acceptors (Lipinski definition) is 4. The number of ether oxygens (including phenoxy) is 1. The fourth-order valence-electron chi connectivity index (χ4n) is 1.42. The first-order valence-electron chi connectivity index (χ1n) is 4.85. The normalized spacial score (nSPS) is 10.6. The number of carbonyl (C=O) groups is 1.